The van der Waals surface area contributed by atoms with Gasteiger partial charge in [0.25, 0.3) is 0 Å². The van der Waals surface area contributed by atoms with Crippen molar-refractivity contribution in [1.82, 2.24) is 0 Å². The number of aliphatic imine (C=N–C) groups is 2. The summed E-state index contributed by atoms with van der Waals surface area (Å²) in [7, 11) is 0. The van der Waals surface area contributed by atoms with Crippen LogP contribution in [0, 0.1) is 0 Å². The Morgan fingerprint density at radius 1 is 1.29 bits per heavy atom. The molecular weight excluding hydrogens is 172 g/mol. The number of amidine groups is 1. The molecule has 2 heteroatoms. The van der Waals surface area contributed by atoms with Crippen molar-refractivity contribution in [3.8, 4) is 0 Å². The minimum atomic E-state index is 0.556. The third-order valence-corrected chi connectivity index (χ3v) is 2.35. The lowest BCUT2D eigenvalue weighted by molar-refractivity contribution is 0.866. The first-order valence-electron chi connectivity index (χ1n) is 4.94. The Labute approximate surface area is 84.4 Å². The molecule has 1 aliphatic heterocycles. The molecule has 1 heterocycles. The molecule has 1 aromatic carbocycles. The van der Waals surface area contributed by atoms with Gasteiger partial charge in [0.2, 0.25) is 0 Å². The summed E-state index contributed by atoms with van der Waals surface area (Å²) < 4.78 is 0. The molecule has 0 unspecified atom stereocenters. The topological polar surface area (TPSA) is 24.7 Å². The molecule has 0 atom stereocenters. The molecule has 2 nitrogen and oxygen atoms in total. The van der Waals surface area contributed by atoms with E-state index in [1.807, 2.05) is 6.21 Å². The monoisotopic (exact) mass is 186 g/mol. The standard InChI is InChI=1S/C12H14N2/c1-9(2)10-4-3-5-11(8-10)12-13-6-7-14-12/h3-6,8-9H,7H2,1-2H3. The highest BCUT2D eigenvalue weighted by Crippen LogP contribution is 2.16. The van der Waals surface area contributed by atoms with E-state index in [-0.39, 0.29) is 0 Å². The summed E-state index contributed by atoms with van der Waals surface area (Å²) in [6, 6.07) is 8.45. The van der Waals surface area contributed by atoms with E-state index in [2.05, 4.69) is 48.1 Å². The lowest BCUT2D eigenvalue weighted by atomic mass is 10.0. The predicted octanol–water partition coefficient (Wildman–Crippen LogP) is 2.64. The molecule has 0 fully saturated rings. The van der Waals surface area contributed by atoms with Crippen molar-refractivity contribution in [1.29, 1.82) is 0 Å². The second-order valence-electron chi connectivity index (χ2n) is 3.76. The zero-order valence-corrected chi connectivity index (χ0v) is 8.57. The average Bonchev–Trinajstić information content (AvgIpc) is 2.71. The molecule has 0 amide bonds. The van der Waals surface area contributed by atoms with Crippen molar-refractivity contribution in [2.75, 3.05) is 6.54 Å². The van der Waals surface area contributed by atoms with Crippen LogP contribution in [0.3, 0.4) is 0 Å². The van der Waals surface area contributed by atoms with Crippen LogP contribution in [-0.4, -0.2) is 18.6 Å². The van der Waals surface area contributed by atoms with Crippen LogP contribution < -0.4 is 0 Å². The number of benzene rings is 1. The van der Waals surface area contributed by atoms with Crippen molar-refractivity contribution >= 4 is 12.1 Å². The van der Waals surface area contributed by atoms with Crippen LogP contribution in [0.25, 0.3) is 0 Å². The number of nitrogens with zero attached hydrogens (tertiary/aromatic N) is 2. The average molecular weight is 186 g/mol. The Hall–Kier alpha value is -1.44. The SMILES string of the molecule is CC(C)c1cccc(C2=NCC=N2)c1. The maximum atomic E-state index is 4.30. The van der Waals surface area contributed by atoms with Gasteiger partial charge in [-0.1, -0.05) is 32.0 Å². The first-order valence-corrected chi connectivity index (χ1v) is 4.94. The molecule has 0 bridgehead atoms. The Kier molecular flexibility index (Phi) is 2.44. The second kappa shape index (κ2) is 3.74. The van der Waals surface area contributed by atoms with Gasteiger partial charge in [0.1, 0.15) is 0 Å². The molecule has 0 N–H and O–H groups in total. The minimum absolute atomic E-state index is 0.556. The summed E-state index contributed by atoms with van der Waals surface area (Å²) >= 11 is 0. The van der Waals surface area contributed by atoms with Crippen LogP contribution >= 0.6 is 0 Å². The fourth-order valence-corrected chi connectivity index (χ4v) is 1.50. The summed E-state index contributed by atoms with van der Waals surface area (Å²) in [6.07, 6.45) is 1.84. The van der Waals surface area contributed by atoms with Crippen molar-refractivity contribution < 1.29 is 0 Å². The molecule has 0 aromatic heterocycles. The molecular formula is C12H14N2. The van der Waals surface area contributed by atoms with E-state index in [0.29, 0.717) is 5.92 Å². The number of hydrogen-bond acceptors (Lipinski definition) is 2. The number of hydrogen-bond donors (Lipinski definition) is 0. The van der Waals surface area contributed by atoms with Gasteiger partial charge in [-0.15, -0.1) is 0 Å². The van der Waals surface area contributed by atoms with Gasteiger partial charge in [-0.3, -0.25) is 4.99 Å². The van der Waals surface area contributed by atoms with E-state index in [0.717, 1.165) is 17.9 Å². The van der Waals surface area contributed by atoms with Crippen molar-refractivity contribution in [3.05, 3.63) is 35.4 Å². The van der Waals surface area contributed by atoms with Gasteiger partial charge < -0.3 is 0 Å². The Balaban J connectivity index is 2.35. The largest absolute Gasteiger partial charge is 0.260 e. The van der Waals surface area contributed by atoms with Gasteiger partial charge in [0, 0.05) is 11.8 Å². The summed E-state index contributed by atoms with van der Waals surface area (Å²) in [6.45, 7) is 5.11. The van der Waals surface area contributed by atoms with E-state index in [9.17, 15) is 0 Å². The van der Waals surface area contributed by atoms with Gasteiger partial charge in [0.05, 0.1) is 6.54 Å². The quantitative estimate of drug-likeness (QED) is 0.678. The molecule has 1 aliphatic rings. The van der Waals surface area contributed by atoms with E-state index in [4.69, 9.17) is 0 Å². The van der Waals surface area contributed by atoms with Gasteiger partial charge in [0.15, 0.2) is 5.84 Å². The molecule has 0 saturated carbocycles. The molecule has 0 spiro atoms. The second-order valence-corrected chi connectivity index (χ2v) is 3.76. The third-order valence-electron chi connectivity index (χ3n) is 2.35. The van der Waals surface area contributed by atoms with Crippen LogP contribution in [0.4, 0.5) is 0 Å². The molecule has 1 aromatic rings. The van der Waals surface area contributed by atoms with Crippen molar-refractivity contribution in [2.24, 2.45) is 9.98 Å². The Bertz CT molecular complexity index is 389. The van der Waals surface area contributed by atoms with Gasteiger partial charge >= 0.3 is 0 Å². The summed E-state index contributed by atoms with van der Waals surface area (Å²) in [5.74, 6) is 1.42. The first-order chi connectivity index (χ1) is 6.77. The predicted molar refractivity (Wildman–Crippen MR) is 60.4 cm³/mol. The lowest BCUT2D eigenvalue weighted by Crippen LogP contribution is -1.96. The minimum Gasteiger partial charge on any atom is -0.260 e. The fraction of sp³-hybridized carbons (Fsp3) is 0.333. The van der Waals surface area contributed by atoms with E-state index < -0.39 is 0 Å². The van der Waals surface area contributed by atoms with Crippen LogP contribution in [-0.2, 0) is 0 Å². The maximum Gasteiger partial charge on any atom is 0.154 e. The van der Waals surface area contributed by atoms with Crippen molar-refractivity contribution in [2.45, 2.75) is 19.8 Å². The molecule has 72 valence electrons. The van der Waals surface area contributed by atoms with E-state index >= 15 is 0 Å². The lowest BCUT2D eigenvalue weighted by Gasteiger charge is -2.06. The highest BCUT2D eigenvalue weighted by Gasteiger charge is 2.06. The zero-order valence-electron chi connectivity index (χ0n) is 8.57. The highest BCUT2D eigenvalue weighted by molar-refractivity contribution is 6.06. The van der Waals surface area contributed by atoms with Gasteiger partial charge in [-0.2, -0.15) is 0 Å². The van der Waals surface area contributed by atoms with Crippen LogP contribution in [0.1, 0.15) is 30.9 Å². The molecule has 14 heavy (non-hydrogen) atoms. The van der Waals surface area contributed by atoms with E-state index in [1.54, 1.807) is 0 Å². The molecule has 0 aliphatic carbocycles. The van der Waals surface area contributed by atoms with Crippen LogP contribution in [0.5, 0.6) is 0 Å². The van der Waals surface area contributed by atoms with Crippen LogP contribution in [0.2, 0.25) is 0 Å². The summed E-state index contributed by atoms with van der Waals surface area (Å²) in [5, 5.41) is 0. The maximum absolute atomic E-state index is 4.30. The Morgan fingerprint density at radius 3 is 2.79 bits per heavy atom. The molecule has 2 rings (SSSR count). The molecule has 0 saturated heterocycles. The number of rotatable bonds is 2. The Morgan fingerprint density at radius 2 is 2.14 bits per heavy atom. The van der Waals surface area contributed by atoms with Gasteiger partial charge in [-0.25, -0.2) is 4.99 Å². The first kappa shape index (κ1) is 9.13. The summed E-state index contributed by atoms with van der Waals surface area (Å²) in [4.78, 5) is 8.53. The van der Waals surface area contributed by atoms with Crippen molar-refractivity contribution in [3.63, 3.8) is 0 Å². The van der Waals surface area contributed by atoms with E-state index in [1.165, 1.54) is 5.56 Å². The highest BCUT2D eigenvalue weighted by atomic mass is 15.0. The third kappa shape index (κ3) is 1.74. The zero-order chi connectivity index (χ0) is 9.97. The molecule has 0 radical (unpaired) electrons. The van der Waals surface area contributed by atoms with Gasteiger partial charge in [-0.05, 0) is 17.5 Å². The smallest absolute Gasteiger partial charge is 0.154 e. The van der Waals surface area contributed by atoms with Crippen LogP contribution in [0.15, 0.2) is 34.3 Å². The normalized spacial score (nSPS) is 14.9. The summed E-state index contributed by atoms with van der Waals surface area (Å²) in [5.41, 5.74) is 2.47. The fourth-order valence-electron chi connectivity index (χ4n) is 1.50.